The minimum absolute atomic E-state index is 0.0408. The molecule has 1 aromatic heterocycles. The van der Waals surface area contributed by atoms with Gasteiger partial charge in [0.05, 0.1) is 17.0 Å². The zero-order valence-electron chi connectivity index (χ0n) is 17.7. The fraction of sp³-hybridized carbons (Fsp3) is 0.588. The minimum Gasteiger partial charge on any atom is -0.462 e. The number of carbonyl (C=O) groups is 3. The van der Waals surface area contributed by atoms with Crippen LogP contribution in [0.25, 0.3) is 0 Å². The van der Waals surface area contributed by atoms with Gasteiger partial charge in [0, 0.05) is 0 Å². The summed E-state index contributed by atoms with van der Waals surface area (Å²) in [6, 6.07) is 0. The Morgan fingerprint density at radius 1 is 0.806 bits per heavy atom. The van der Waals surface area contributed by atoms with Crippen LogP contribution in [0.2, 0.25) is 0 Å². The second kappa shape index (κ2) is 9.37. The number of thiophene rings is 1. The number of hydrogen-bond donors (Lipinski definition) is 1. The highest BCUT2D eigenvalue weighted by Crippen LogP contribution is 2.60. The summed E-state index contributed by atoms with van der Waals surface area (Å²) < 4.78 is 176. The van der Waals surface area contributed by atoms with E-state index in [0.29, 0.717) is 0 Å². The number of Topliss-reactive ketones (excluding diaryl/α,β-unsaturated/α-hetero) is 1. The third kappa shape index (κ3) is 4.60. The molecule has 0 aliphatic heterocycles. The highest BCUT2D eigenvalue weighted by atomic mass is 32.1. The molecule has 206 valence electrons. The summed E-state index contributed by atoms with van der Waals surface area (Å²) in [4.78, 5) is 34.9. The molecule has 0 radical (unpaired) electrons. The summed E-state index contributed by atoms with van der Waals surface area (Å²) in [5.41, 5.74) is -1.29. The van der Waals surface area contributed by atoms with Crippen LogP contribution in [0.5, 0.6) is 0 Å². The summed E-state index contributed by atoms with van der Waals surface area (Å²) in [7, 11) is 0. The van der Waals surface area contributed by atoms with Gasteiger partial charge in [-0.2, -0.15) is 57.1 Å². The monoisotopic (exact) mass is 573 g/mol. The number of ether oxygens (including phenoxy) is 1. The maximum absolute atomic E-state index is 14.1. The molecule has 0 aromatic carbocycles. The van der Waals surface area contributed by atoms with Crippen molar-refractivity contribution in [3.63, 3.8) is 0 Å². The molecule has 19 heteroatoms. The molecule has 0 bridgehead atoms. The van der Waals surface area contributed by atoms with E-state index in [1.54, 1.807) is 0 Å². The van der Waals surface area contributed by atoms with Gasteiger partial charge >= 0.3 is 47.7 Å². The number of amides is 1. The van der Waals surface area contributed by atoms with Gasteiger partial charge in [0.15, 0.2) is 5.78 Å². The minimum atomic E-state index is -8.18. The van der Waals surface area contributed by atoms with Gasteiger partial charge in [-0.15, -0.1) is 11.3 Å². The Hall–Kier alpha value is -2.60. The molecule has 0 atom stereocenters. The van der Waals surface area contributed by atoms with E-state index in [-0.39, 0.29) is 16.9 Å². The van der Waals surface area contributed by atoms with E-state index in [2.05, 4.69) is 4.74 Å². The highest BCUT2D eigenvalue weighted by Gasteiger charge is 2.91. The van der Waals surface area contributed by atoms with Gasteiger partial charge in [0.25, 0.3) is 0 Å². The molecule has 0 fully saturated rings. The molecule has 1 aromatic rings. The standard InChI is InChI=1S/C17H12F13NO4S/c1-4-35-10(33)7-5(2)8(6(3)32)36-9(7)31-11(34)12(18,19)13(20,21)14(22,23)15(24,25)16(26,27)17(28,29)30/h4H2,1-3H3,(H,31,34). The van der Waals surface area contributed by atoms with Crippen LogP contribution in [-0.2, 0) is 9.53 Å². The van der Waals surface area contributed by atoms with Crippen LogP contribution in [0.3, 0.4) is 0 Å². The van der Waals surface area contributed by atoms with Crippen LogP contribution in [-0.4, -0.2) is 60.1 Å². The van der Waals surface area contributed by atoms with E-state index in [1.165, 1.54) is 6.92 Å². The van der Waals surface area contributed by atoms with Crippen molar-refractivity contribution in [1.29, 1.82) is 0 Å². The quantitative estimate of drug-likeness (QED) is 0.220. The van der Waals surface area contributed by atoms with E-state index < -0.39 is 75.5 Å². The predicted molar refractivity (Wildman–Crippen MR) is 94.4 cm³/mol. The first-order valence-corrected chi connectivity index (χ1v) is 9.74. The predicted octanol–water partition coefficient (Wildman–Crippen LogP) is 6.11. The van der Waals surface area contributed by atoms with Crippen LogP contribution in [0.4, 0.5) is 62.1 Å². The summed E-state index contributed by atoms with van der Waals surface area (Å²) in [5.74, 6) is -45.2. The molecule has 0 unspecified atom stereocenters. The van der Waals surface area contributed by atoms with Crippen LogP contribution >= 0.6 is 11.3 Å². The summed E-state index contributed by atoms with van der Waals surface area (Å²) in [6.07, 6.45) is -7.60. The fourth-order valence-corrected chi connectivity index (χ4v) is 3.57. The zero-order chi connectivity index (χ0) is 28.9. The Morgan fingerprint density at radius 2 is 1.25 bits per heavy atom. The number of halogens is 13. The lowest BCUT2D eigenvalue weighted by molar-refractivity contribution is -0.435. The van der Waals surface area contributed by atoms with Gasteiger partial charge in [0.1, 0.15) is 5.00 Å². The normalized spacial score (nSPS) is 14.0. The molecular formula is C17H12F13NO4S. The van der Waals surface area contributed by atoms with E-state index >= 15 is 0 Å². The Kier molecular flexibility index (Phi) is 8.18. The zero-order valence-corrected chi connectivity index (χ0v) is 18.5. The Balaban J connectivity index is 3.60. The molecule has 1 amide bonds. The topological polar surface area (TPSA) is 72.5 Å². The van der Waals surface area contributed by atoms with E-state index in [4.69, 9.17) is 0 Å². The number of esters is 1. The van der Waals surface area contributed by atoms with Gasteiger partial charge in [-0.25, -0.2) is 4.79 Å². The van der Waals surface area contributed by atoms with Gasteiger partial charge in [0.2, 0.25) is 0 Å². The van der Waals surface area contributed by atoms with Crippen molar-refractivity contribution in [1.82, 2.24) is 0 Å². The van der Waals surface area contributed by atoms with Gasteiger partial charge in [-0.3, -0.25) is 9.59 Å². The largest absolute Gasteiger partial charge is 0.462 e. The van der Waals surface area contributed by atoms with Crippen molar-refractivity contribution < 1.29 is 76.2 Å². The number of ketones is 1. The third-order valence-electron chi connectivity index (χ3n) is 4.39. The van der Waals surface area contributed by atoms with Crippen LogP contribution in [0.1, 0.15) is 39.4 Å². The number of anilines is 1. The van der Waals surface area contributed by atoms with Crippen LogP contribution in [0.15, 0.2) is 0 Å². The molecule has 0 spiro atoms. The molecule has 0 saturated carbocycles. The van der Waals surface area contributed by atoms with Crippen molar-refractivity contribution in [2.75, 3.05) is 11.9 Å². The SMILES string of the molecule is CCOC(=O)c1c(NC(=O)C(F)(F)C(F)(F)C(F)(F)C(F)(F)C(F)(F)C(F)(F)F)sc(C(C)=O)c1C. The first-order valence-electron chi connectivity index (χ1n) is 8.93. The van der Waals surface area contributed by atoms with E-state index in [1.807, 2.05) is 0 Å². The molecule has 1 heterocycles. The van der Waals surface area contributed by atoms with Gasteiger partial charge in [-0.1, -0.05) is 0 Å². The maximum Gasteiger partial charge on any atom is 0.460 e. The number of hydrogen-bond acceptors (Lipinski definition) is 5. The first-order chi connectivity index (χ1) is 15.8. The molecule has 0 saturated heterocycles. The first kappa shape index (κ1) is 31.4. The van der Waals surface area contributed by atoms with Gasteiger partial charge < -0.3 is 10.1 Å². The Labute approximate surface area is 195 Å². The molecule has 0 aliphatic rings. The average molecular weight is 573 g/mol. The summed E-state index contributed by atoms with van der Waals surface area (Å²) in [6.45, 7) is 2.65. The molecule has 1 N–H and O–H groups in total. The second-order valence-electron chi connectivity index (χ2n) is 6.86. The Bertz CT molecular complexity index is 1050. The number of rotatable bonds is 9. The maximum atomic E-state index is 14.1. The summed E-state index contributed by atoms with van der Waals surface area (Å²) in [5, 5.41) is -0.388. The fourth-order valence-electron chi connectivity index (χ4n) is 2.48. The van der Waals surface area contributed by atoms with Crippen LogP contribution < -0.4 is 5.32 Å². The molecule has 5 nitrogen and oxygen atoms in total. The molecular weight excluding hydrogens is 561 g/mol. The smallest absolute Gasteiger partial charge is 0.460 e. The highest BCUT2D eigenvalue weighted by molar-refractivity contribution is 7.18. The van der Waals surface area contributed by atoms with Crippen molar-refractivity contribution in [2.45, 2.75) is 56.6 Å². The molecule has 36 heavy (non-hydrogen) atoms. The number of nitrogens with one attached hydrogen (secondary N) is 1. The lowest BCUT2D eigenvalue weighted by Gasteiger charge is -2.39. The van der Waals surface area contributed by atoms with Crippen molar-refractivity contribution >= 4 is 34.0 Å². The lowest BCUT2D eigenvalue weighted by atomic mass is 9.93. The van der Waals surface area contributed by atoms with Crippen molar-refractivity contribution in [3.8, 4) is 0 Å². The third-order valence-corrected chi connectivity index (χ3v) is 5.70. The van der Waals surface area contributed by atoms with E-state index in [9.17, 15) is 71.5 Å². The van der Waals surface area contributed by atoms with Crippen molar-refractivity contribution in [3.05, 3.63) is 16.0 Å². The summed E-state index contributed by atoms with van der Waals surface area (Å²) >= 11 is -0.0408. The lowest BCUT2D eigenvalue weighted by Crippen LogP contribution is -2.71. The number of carbonyl (C=O) groups excluding carboxylic acids is 3. The van der Waals surface area contributed by atoms with Crippen molar-refractivity contribution in [2.24, 2.45) is 0 Å². The average Bonchev–Trinajstić information content (AvgIpc) is 3.02. The van der Waals surface area contributed by atoms with Crippen LogP contribution in [0, 0.1) is 6.92 Å². The van der Waals surface area contributed by atoms with Gasteiger partial charge in [-0.05, 0) is 26.3 Å². The second-order valence-corrected chi connectivity index (χ2v) is 7.88. The Morgan fingerprint density at radius 3 is 1.64 bits per heavy atom. The molecule has 1 rings (SSSR count). The molecule has 0 aliphatic carbocycles. The van der Waals surface area contributed by atoms with E-state index in [0.717, 1.165) is 19.2 Å². The number of alkyl halides is 13.